The number of rotatable bonds is 11. The molecule has 0 spiro atoms. The van der Waals surface area contributed by atoms with Gasteiger partial charge in [-0.25, -0.2) is 9.59 Å². The number of hydrogen-bond donors (Lipinski definition) is 1. The highest BCUT2D eigenvalue weighted by atomic mass is 16.7. The number of hydrogen-bond acceptors (Lipinski definition) is 10. The highest BCUT2D eigenvalue weighted by Crippen LogP contribution is 2.59. The van der Waals surface area contributed by atoms with Crippen molar-refractivity contribution in [3.05, 3.63) is 100 Å². The zero-order chi connectivity index (χ0) is 33.4. The van der Waals surface area contributed by atoms with Gasteiger partial charge in [0.1, 0.15) is 24.4 Å². The van der Waals surface area contributed by atoms with Gasteiger partial charge >= 0.3 is 12.1 Å². The molecular formula is C37H35NO10. The van der Waals surface area contributed by atoms with Gasteiger partial charge < -0.3 is 43.2 Å². The summed E-state index contributed by atoms with van der Waals surface area (Å²) in [7, 11) is 5.81. The second-order valence-corrected chi connectivity index (χ2v) is 11.5. The van der Waals surface area contributed by atoms with Crippen LogP contribution in [0, 0.1) is 0 Å². The number of carbonyl (C=O) groups is 2. The predicted molar refractivity (Wildman–Crippen MR) is 173 cm³/mol. The zero-order valence-electron chi connectivity index (χ0n) is 27.0. The first-order valence-electron chi connectivity index (χ1n) is 15.6. The maximum Gasteiger partial charge on any atom is 0.407 e. The lowest BCUT2D eigenvalue weighted by molar-refractivity contribution is 0.0594. The number of alkyl carbamates (subject to hydrolysis) is 1. The fourth-order valence-corrected chi connectivity index (χ4v) is 6.81. The molecule has 48 heavy (non-hydrogen) atoms. The number of benzene rings is 4. The van der Waals surface area contributed by atoms with E-state index in [1.54, 1.807) is 19.2 Å². The van der Waals surface area contributed by atoms with Gasteiger partial charge in [0.15, 0.2) is 23.0 Å². The van der Waals surface area contributed by atoms with Crippen LogP contribution >= 0.6 is 0 Å². The van der Waals surface area contributed by atoms with E-state index >= 15 is 0 Å². The Labute approximate surface area is 277 Å². The van der Waals surface area contributed by atoms with Crippen LogP contribution in [0.3, 0.4) is 0 Å². The minimum absolute atomic E-state index is 0.0386. The van der Waals surface area contributed by atoms with Crippen molar-refractivity contribution in [2.45, 2.75) is 24.5 Å². The van der Waals surface area contributed by atoms with E-state index in [4.69, 9.17) is 37.9 Å². The van der Waals surface area contributed by atoms with Gasteiger partial charge in [0.2, 0.25) is 12.5 Å². The van der Waals surface area contributed by atoms with Crippen molar-refractivity contribution >= 4 is 12.1 Å². The average molecular weight is 654 g/mol. The number of methoxy groups -OCH3 is 4. The van der Waals surface area contributed by atoms with Crippen LogP contribution in [0.25, 0.3) is 11.1 Å². The normalized spacial score (nSPS) is 16.8. The van der Waals surface area contributed by atoms with E-state index in [0.717, 1.165) is 22.3 Å². The molecule has 2 aliphatic heterocycles. The number of ether oxygens (including phenoxy) is 8. The topological polar surface area (TPSA) is 123 Å². The fourth-order valence-electron chi connectivity index (χ4n) is 6.81. The van der Waals surface area contributed by atoms with E-state index in [1.807, 2.05) is 30.3 Å². The molecule has 4 aromatic rings. The molecule has 0 saturated carbocycles. The fraction of sp³-hybridized carbons (Fsp3) is 0.297. The molecule has 2 unspecified atom stereocenters. The van der Waals surface area contributed by atoms with E-state index in [0.29, 0.717) is 35.0 Å². The molecule has 3 aliphatic rings. The third-order valence-electron chi connectivity index (χ3n) is 9.01. The number of nitrogens with one attached hydrogen (secondary N) is 1. The highest BCUT2D eigenvalue weighted by molar-refractivity contribution is 5.95. The molecule has 1 aliphatic carbocycles. The summed E-state index contributed by atoms with van der Waals surface area (Å²) in [5.41, 5.74) is 6.96. The minimum Gasteiger partial charge on any atom is -0.493 e. The number of carbonyl (C=O) groups excluding carboxylic acids is 2. The van der Waals surface area contributed by atoms with Gasteiger partial charge in [-0.2, -0.15) is 0 Å². The molecule has 2 heterocycles. The number of epoxide rings is 1. The maximum atomic E-state index is 12.9. The lowest BCUT2D eigenvalue weighted by Gasteiger charge is -2.17. The van der Waals surface area contributed by atoms with Gasteiger partial charge in [0.05, 0.1) is 28.4 Å². The van der Waals surface area contributed by atoms with Crippen LogP contribution in [0.2, 0.25) is 0 Å². The molecule has 1 fully saturated rings. The molecule has 0 aromatic heterocycles. The summed E-state index contributed by atoms with van der Waals surface area (Å²) in [6.45, 7) is 0.533. The molecule has 2 atom stereocenters. The molecule has 4 aromatic carbocycles. The maximum absolute atomic E-state index is 12.9. The smallest absolute Gasteiger partial charge is 0.407 e. The van der Waals surface area contributed by atoms with Crippen molar-refractivity contribution in [1.82, 2.24) is 5.32 Å². The van der Waals surface area contributed by atoms with Gasteiger partial charge in [-0.1, -0.05) is 54.6 Å². The highest BCUT2D eigenvalue weighted by Gasteiger charge is 2.48. The summed E-state index contributed by atoms with van der Waals surface area (Å²) in [6.07, 6.45) is -1.13. The Morgan fingerprint density at radius 3 is 2.19 bits per heavy atom. The third kappa shape index (κ3) is 5.39. The third-order valence-corrected chi connectivity index (χ3v) is 9.01. The van der Waals surface area contributed by atoms with Crippen LogP contribution in [0.1, 0.15) is 56.3 Å². The van der Waals surface area contributed by atoms with Crippen molar-refractivity contribution < 1.29 is 47.5 Å². The van der Waals surface area contributed by atoms with Crippen molar-refractivity contribution in [3.63, 3.8) is 0 Å². The summed E-state index contributed by atoms with van der Waals surface area (Å²) < 4.78 is 45.3. The molecule has 0 bridgehead atoms. The second kappa shape index (κ2) is 13.0. The minimum atomic E-state index is -0.583. The standard InChI is InChI=1S/C37H35NO10/c1-41-27-14-13-25(30(32(27)42-2)36(39)44-4)31-35(48-31)29-20(17-28-33(34(29)43-3)47-19-46-28)15-16-38-37(40)45-18-26-23-11-7-5-9-21(23)22-10-6-8-12-24(22)26/h5-14,17,26,31,35H,15-16,18-19H2,1-4H3,(H,38,40). The molecular weight excluding hydrogens is 618 g/mol. The van der Waals surface area contributed by atoms with Crippen molar-refractivity contribution in [2.24, 2.45) is 0 Å². The molecule has 7 rings (SSSR count). The predicted octanol–water partition coefficient (Wildman–Crippen LogP) is 6.12. The first kappa shape index (κ1) is 31.2. The molecule has 11 nitrogen and oxygen atoms in total. The molecule has 11 heteroatoms. The Morgan fingerprint density at radius 1 is 0.812 bits per heavy atom. The van der Waals surface area contributed by atoms with E-state index < -0.39 is 24.3 Å². The van der Waals surface area contributed by atoms with E-state index in [1.165, 1.54) is 32.5 Å². The summed E-state index contributed by atoms with van der Waals surface area (Å²) in [6, 6.07) is 21.8. The number of fused-ring (bicyclic) bond motifs is 4. The molecule has 1 amide bonds. The zero-order valence-corrected chi connectivity index (χ0v) is 27.0. The average Bonchev–Trinajstić information content (AvgIpc) is 3.64. The van der Waals surface area contributed by atoms with Crippen molar-refractivity contribution in [1.29, 1.82) is 0 Å². The molecule has 1 saturated heterocycles. The molecule has 0 radical (unpaired) electrons. The summed E-state index contributed by atoms with van der Waals surface area (Å²) in [5.74, 6) is 1.48. The Balaban J connectivity index is 1.09. The van der Waals surface area contributed by atoms with Crippen LogP contribution in [-0.4, -0.2) is 60.4 Å². The molecule has 1 N–H and O–H groups in total. The summed E-state index contributed by atoms with van der Waals surface area (Å²) in [5, 5.41) is 2.89. The van der Waals surface area contributed by atoms with E-state index in [2.05, 4.69) is 29.6 Å². The van der Waals surface area contributed by atoms with Gasteiger partial charge in [0, 0.05) is 23.6 Å². The lowest BCUT2D eigenvalue weighted by atomic mass is 9.93. The Kier molecular flexibility index (Phi) is 8.45. The molecule has 248 valence electrons. The van der Waals surface area contributed by atoms with Crippen molar-refractivity contribution in [2.75, 3.05) is 48.4 Å². The van der Waals surface area contributed by atoms with Gasteiger partial charge in [-0.05, 0) is 46.4 Å². The second-order valence-electron chi connectivity index (χ2n) is 11.5. The lowest BCUT2D eigenvalue weighted by Crippen LogP contribution is -2.28. The van der Waals surface area contributed by atoms with Gasteiger partial charge in [-0.15, -0.1) is 0 Å². The number of esters is 1. The van der Waals surface area contributed by atoms with Crippen LogP contribution in [-0.2, 0) is 20.6 Å². The largest absolute Gasteiger partial charge is 0.493 e. The first-order valence-corrected chi connectivity index (χ1v) is 15.6. The number of amides is 1. The van der Waals surface area contributed by atoms with Crippen LogP contribution in [0.4, 0.5) is 4.79 Å². The first-order chi connectivity index (χ1) is 23.5. The Hall–Kier alpha value is -5.42. The van der Waals surface area contributed by atoms with Gasteiger partial charge in [0.25, 0.3) is 0 Å². The van der Waals surface area contributed by atoms with Gasteiger partial charge in [-0.3, -0.25) is 0 Å². The van der Waals surface area contributed by atoms with Crippen molar-refractivity contribution in [3.8, 4) is 39.9 Å². The summed E-state index contributed by atoms with van der Waals surface area (Å²) in [4.78, 5) is 25.9. The van der Waals surface area contributed by atoms with Crippen LogP contribution in [0.5, 0.6) is 28.7 Å². The van der Waals surface area contributed by atoms with E-state index in [9.17, 15) is 9.59 Å². The SMILES string of the molecule is COC(=O)c1c(C2OC2c2c(CCNC(=O)OCC3c4ccccc4-c4ccccc43)cc3c(c2OC)OCO3)ccc(OC)c1OC. The van der Waals surface area contributed by atoms with Crippen LogP contribution < -0.4 is 29.0 Å². The van der Waals surface area contributed by atoms with Crippen LogP contribution in [0.15, 0.2) is 66.7 Å². The Bertz CT molecular complexity index is 1840. The van der Waals surface area contributed by atoms with E-state index in [-0.39, 0.29) is 37.2 Å². The monoisotopic (exact) mass is 653 g/mol. The Morgan fingerprint density at radius 2 is 1.52 bits per heavy atom. The quantitative estimate of drug-likeness (QED) is 0.150. The summed E-state index contributed by atoms with van der Waals surface area (Å²) >= 11 is 0.